The van der Waals surface area contributed by atoms with Crippen LogP contribution in [0.4, 0.5) is 0 Å². The highest BCUT2D eigenvalue weighted by atomic mass is 16.7. The van der Waals surface area contributed by atoms with E-state index in [2.05, 4.69) is 31.7 Å². The van der Waals surface area contributed by atoms with E-state index in [1.165, 1.54) is 44.1 Å². The van der Waals surface area contributed by atoms with Crippen molar-refractivity contribution in [1.29, 1.82) is 0 Å². The summed E-state index contributed by atoms with van der Waals surface area (Å²) in [5.74, 6) is 3.78. The lowest BCUT2D eigenvalue weighted by Crippen LogP contribution is -2.48. The molecule has 0 aromatic heterocycles. The fourth-order valence-electron chi connectivity index (χ4n) is 6.09. The number of hydrogen-bond donors (Lipinski definition) is 0. The third kappa shape index (κ3) is 3.44. The van der Waals surface area contributed by atoms with Crippen molar-refractivity contribution in [2.45, 2.75) is 50.9 Å². The Morgan fingerprint density at radius 3 is 2.31 bits per heavy atom. The van der Waals surface area contributed by atoms with E-state index in [-0.39, 0.29) is 6.79 Å². The van der Waals surface area contributed by atoms with Gasteiger partial charge in [0.2, 0.25) is 0 Å². The number of rotatable bonds is 8. The van der Waals surface area contributed by atoms with Gasteiger partial charge in [0.15, 0.2) is 6.79 Å². The molecule has 0 unspecified atom stereocenters. The van der Waals surface area contributed by atoms with Crippen LogP contribution in [0.3, 0.4) is 0 Å². The molecule has 26 heavy (non-hydrogen) atoms. The number of benzene rings is 1. The molecule has 3 heteroatoms. The van der Waals surface area contributed by atoms with Gasteiger partial charge in [0.1, 0.15) is 5.75 Å². The first-order valence-corrected chi connectivity index (χ1v) is 10.1. The third-order valence-corrected chi connectivity index (χ3v) is 6.81. The Kier molecular flexibility index (Phi) is 5.11. The van der Waals surface area contributed by atoms with Crippen LogP contribution >= 0.6 is 0 Å². The van der Waals surface area contributed by atoms with Gasteiger partial charge in [0.25, 0.3) is 0 Å². The van der Waals surface area contributed by atoms with Crippen molar-refractivity contribution in [3.8, 4) is 5.75 Å². The molecule has 4 aliphatic rings. The lowest BCUT2D eigenvalue weighted by atomic mass is 9.48. The van der Waals surface area contributed by atoms with Crippen LogP contribution in [0.15, 0.2) is 24.8 Å². The second-order valence-electron chi connectivity index (χ2n) is 8.85. The highest BCUT2D eigenvalue weighted by molar-refractivity contribution is 5.64. The van der Waals surface area contributed by atoms with Gasteiger partial charge in [0.05, 0.1) is 13.2 Å². The summed E-state index contributed by atoms with van der Waals surface area (Å²) in [5.41, 5.74) is 3.97. The number of methoxy groups -OCH3 is 1. The lowest BCUT2D eigenvalue weighted by Gasteiger charge is -2.57. The van der Waals surface area contributed by atoms with E-state index in [0.29, 0.717) is 18.6 Å². The van der Waals surface area contributed by atoms with Gasteiger partial charge in [-0.2, -0.15) is 0 Å². The summed E-state index contributed by atoms with van der Waals surface area (Å²) >= 11 is 0. The van der Waals surface area contributed by atoms with E-state index in [1.54, 1.807) is 7.11 Å². The maximum absolute atomic E-state index is 6.15. The normalized spacial score (nSPS) is 32.0. The zero-order valence-electron chi connectivity index (χ0n) is 16.3. The Hall–Kier alpha value is -1.32. The Labute approximate surface area is 157 Å². The predicted molar refractivity (Wildman–Crippen MR) is 104 cm³/mol. The van der Waals surface area contributed by atoms with E-state index >= 15 is 0 Å². The molecule has 1 aromatic rings. The number of hydrogen-bond acceptors (Lipinski definition) is 3. The Morgan fingerprint density at radius 1 is 1.08 bits per heavy atom. The van der Waals surface area contributed by atoms with E-state index in [9.17, 15) is 0 Å². The minimum Gasteiger partial charge on any atom is -0.467 e. The smallest absolute Gasteiger partial charge is 0.189 e. The number of allylic oxidation sites excluding steroid dienone is 1. The van der Waals surface area contributed by atoms with Crippen LogP contribution in [0.1, 0.15) is 56.6 Å². The maximum atomic E-state index is 6.15. The predicted octanol–water partition coefficient (Wildman–Crippen LogP) is 5.19. The molecule has 4 bridgehead atoms. The Bertz CT molecular complexity index is 628. The van der Waals surface area contributed by atoms with Crippen molar-refractivity contribution in [1.82, 2.24) is 0 Å². The van der Waals surface area contributed by atoms with Gasteiger partial charge < -0.3 is 14.2 Å². The van der Waals surface area contributed by atoms with Gasteiger partial charge in [-0.05, 0) is 80.2 Å². The van der Waals surface area contributed by atoms with Crippen molar-refractivity contribution in [2.24, 2.45) is 17.8 Å². The summed E-state index contributed by atoms with van der Waals surface area (Å²) in [6.07, 6.45) is 8.39. The van der Waals surface area contributed by atoms with Crippen LogP contribution in [0.25, 0.3) is 5.57 Å². The molecule has 0 saturated heterocycles. The summed E-state index contributed by atoms with van der Waals surface area (Å²) < 4.78 is 16.8. The fraction of sp³-hybridized carbons (Fsp3) is 0.652. The zero-order chi connectivity index (χ0) is 18.1. The van der Waals surface area contributed by atoms with Crippen molar-refractivity contribution < 1.29 is 14.2 Å². The molecule has 4 saturated carbocycles. The molecule has 0 aliphatic heterocycles. The standard InChI is InChI=1S/C23H32O3/c1-16(2)20-4-5-21(22(11-20)26-15-25-7-6-24-3)23-12-17-8-18(13-23)10-19(9-17)14-23/h4-5,11,17-19H,1,6-10,12-15H2,2-3H3. The van der Waals surface area contributed by atoms with E-state index < -0.39 is 0 Å². The van der Waals surface area contributed by atoms with E-state index in [1.807, 2.05) is 0 Å². The molecule has 0 N–H and O–H groups in total. The van der Waals surface area contributed by atoms with Gasteiger partial charge in [-0.3, -0.25) is 0 Å². The summed E-state index contributed by atoms with van der Waals surface area (Å²) in [4.78, 5) is 0. The molecule has 5 rings (SSSR count). The highest BCUT2D eigenvalue weighted by Gasteiger charge is 2.52. The molecule has 0 heterocycles. The quantitative estimate of drug-likeness (QED) is 0.474. The lowest BCUT2D eigenvalue weighted by molar-refractivity contribution is -0.0189. The molecule has 0 amide bonds. The van der Waals surface area contributed by atoms with Gasteiger partial charge in [0, 0.05) is 12.7 Å². The van der Waals surface area contributed by atoms with E-state index in [0.717, 1.165) is 34.6 Å². The minimum atomic E-state index is 0.280. The molecular weight excluding hydrogens is 324 g/mol. The average Bonchev–Trinajstić information content (AvgIpc) is 2.60. The summed E-state index contributed by atoms with van der Waals surface area (Å²) in [6.45, 7) is 7.59. The second kappa shape index (κ2) is 7.36. The minimum absolute atomic E-state index is 0.280. The largest absolute Gasteiger partial charge is 0.467 e. The van der Waals surface area contributed by atoms with Crippen molar-refractivity contribution in [2.75, 3.05) is 27.1 Å². The zero-order valence-corrected chi connectivity index (χ0v) is 16.3. The monoisotopic (exact) mass is 356 g/mol. The maximum Gasteiger partial charge on any atom is 0.189 e. The van der Waals surface area contributed by atoms with Crippen molar-refractivity contribution in [3.63, 3.8) is 0 Å². The molecule has 142 valence electrons. The Balaban J connectivity index is 1.59. The van der Waals surface area contributed by atoms with Crippen molar-refractivity contribution in [3.05, 3.63) is 35.9 Å². The third-order valence-electron chi connectivity index (χ3n) is 6.81. The average molecular weight is 357 g/mol. The van der Waals surface area contributed by atoms with Crippen LogP contribution in [0.5, 0.6) is 5.75 Å². The first-order chi connectivity index (χ1) is 12.6. The summed E-state index contributed by atoms with van der Waals surface area (Å²) in [6, 6.07) is 6.73. The molecule has 0 atom stereocenters. The Morgan fingerprint density at radius 2 is 1.73 bits per heavy atom. The topological polar surface area (TPSA) is 27.7 Å². The van der Waals surface area contributed by atoms with Crippen LogP contribution in [0.2, 0.25) is 0 Å². The van der Waals surface area contributed by atoms with Gasteiger partial charge in [-0.1, -0.05) is 24.3 Å². The molecule has 1 aromatic carbocycles. The van der Waals surface area contributed by atoms with Gasteiger partial charge in [-0.25, -0.2) is 0 Å². The fourth-order valence-corrected chi connectivity index (χ4v) is 6.09. The highest BCUT2D eigenvalue weighted by Crippen LogP contribution is 2.61. The molecular formula is C23H32O3. The van der Waals surface area contributed by atoms with Gasteiger partial charge in [-0.15, -0.1) is 0 Å². The summed E-state index contributed by atoms with van der Waals surface area (Å²) in [5, 5.41) is 0. The molecule has 4 fully saturated rings. The van der Waals surface area contributed by atoms with E-state index in [4.69, 9.17) is 14.2 Å². The first-order valence-electron chi connectivity index (χ1n) is 10.1. The molecule has 3 nitrogen and oxygen atoms in total. The molecule has 0 radical (unpaired) electrons. The van der Waals surface area contributed by atoms with Crippen molar-refractivity contribution >= 4 is 5.57 Å². The second-order valence-corrected chi connectivity index (χ2v) is 8.85. The molecule has 4 aliphatic carbocycles. The SMILES string of the molecule is C=C(C)c1ccc(C23CC4CC(CC(C4)C2)C3)c(OCOCCOC)c1. The van der Waals surface area contributed by atoms with Crippen LogP contribution < -0.4 is 4.74 Å². The summed E-state index contributed by atoms with van der Waals surface area (Å²) in [7, 11) is 1.69. The molecule has 0 spiro atoms. The van der Waals surface area contributed by atoms with Crippen LogP contribution in [0, 0.1) is 17.8 Å². The first kappa shape index (κ1) is 18.1. The van der Waals surface area contributed by atoms with Crippen LogP contribution in [-0.4, -0.2) is 27.1 Å². The number of ether oxygens (including phenoxy) is 3. The van der Waals surface area contributed by atoms with Gasteiger partial charge >= 0.3 is 0 Å². The van der Waals surface area contributed by atoms with Crippen LogP contribution in [-0.2, 0) is 14.9 Å².